The zero-order valence-electron chi connectivity index (χ0n) is 15.8. The van der Waals surface area contributed by atoms with Crippen LogP contribution in [0.2, 0.25) is 0 Å². The number of amides is 1. The maximum atomic E-state index is 11.9. The third kappa shape index (κ3) is 8.74. The van der Waals surface area contributed by atoms with Crippen molar-refractivity contribution < 1.29 is 13.2 Å². The van der Waals surface area contributed by atoms with Crippen molar-refractivity contribution in [3.8, 4) is 0 Å². The number of hydrogen-bond acceptors (Lipinski definition) is 3. The van der Waals surface area contributed by atoms with Gasteiger partial charge in [-0.2, -0.15) is 0 Å². The second-order valence-corrected chi connectivity index (χ2v) is 6.62. The Balaban J connectivity index is 0. The first-order valence-electron chi connectivity index (χ1n) is 8.35. The third-order valence-corrected chi connectivity index (χ3v) is 3.95. The van der Waals surface area contributed by atoms with E-state index in [0.29, 0.717) is 0 Å². The van der Waals surface area contributed by atoms with Gasteiger partial charge in [0.05, 0.1) is 6.26 Å². The summed E-state index contributed by atoms with van der Waals surface area (Å²) in [7, 11) is -3.50. The lowest BCUT2D eigenvalue weighted by molar-refractivity contribution is -0.123. The summed E-state index contributed by atoms with van der Waals surface area (Å²) in [6.45, 7) is 13.8. The lowest BCUT2D eigenvalue weighted by atomic mass is 9.85. The van der Waals surface area contributed by atoms with Crippen molar-refractivity contribution in [2.45, 2.75) is 60.8 Å². The molecule has 0 bridgehead atoms. The van der Waals surface area contributed by atoms with Gasteiger partial charge in [-0.25, -0.2) is 8.42 Å². The van der Waals surface area contributed by atoms with Crippen LogP contribution in [0.5, 0.6) is 0 Å². The van der Waals surface area contributed by atoms with Crippen molar-refractivity contribution in [2.75, 3.05) is 6.26 Å². The molecule has 0 aliphatic heterocycles. The highest BCUT2D eigenvalue weighted by atomic mass is 32.2. The molecule has 1 amide bonds. The summed E-state index contributed by atoms with van der Waals surface area (Å²) in [5, 5.41) is 0. The van der Waals surface area contributed by atoms with Crippen molar-refractivity contribution in [2.24, 2.45) is 5.92 Å². The Morgan fingerprint density at radius 3 is 2.00 bits per heavy atom. The molecule has 0 aromatic heterocycles. The van der Waals surface area contributed by atoms with Crippen LogP contribution in [0.4, 0.5) is 0 Å². The molecule has 2 atom stereocenters. The quantitative estimate of drug-likeness (QED) is 0.875. The van der Waals surface area contributed by atoms with Crippen LogP contribution in [0.3, 0.4) is 0 Å². The topological polar surface area (TPSA) is 63.2 Å². The zero-order chi connectivity index (χ0) is 18.6. The van der Waals surface area contributed by atoms with Crippen LogP contribution in [0.1, 0.15) is 65.5 Å². The van der Waals surface area contributed by atoms with Gasteiger partial charge >= 0.3 is 0 Å². The van der Waals surface area contributed by atoms with Crippen molar-refractivity contribution in [3.05, 3.63) is 35.4 Å². The van der Waals surface area contributed by atoms with E-state index in [-0.39, 0.29) is 5.92 Å². The molecule has 0 saturated heterocycles. The summed E-state index contributed by atoms with van der Waals surface area (Å²) < 4.78 is 24.2. The molecule has 0 aliphatic carbocycles. The molecule has 5 heteroatoms. The molecule has 1 N–H and O–H groups in total. The maximum absolute atomic E-state index is 11.9. The number of aryl methyl sites for hydroxylation is 1. The number of sulfonamides is 1. The van der Waals surface area contributed by atoms with Gasteiger partial charge in [-0.3, -0.25) is 9.52 Å². The number of nitrogens with one attached hydrogen (secondary N) is 1. The molecule has 0 heterocycles. The molecule has 134 valence electrons. The Kier molecular flexibility index (Phi) is 12.6. The molecule has 0 radical (unpaired) electrons. The van der Waals surface area contributed by atoms with Crippen LogP contribution in [-0.4, -0.2) is 20.6 Å². The van der Waals surface area contributed by atoms with E-state index in [9.17, 15) is 13.2 Å². The van der Waals surface area contributed by atoms with E-state index in [2.05, 4.69) is 6.92 Å². The number of benzene rings is 1. The van der Waals surface area contributed by atoms with Gasteiger partial charge in [-0.15, -0.1) is 0 Å². The average Bonchev–Trinajstić information content (AvgIpc) is 2.55. The van der Waals surface area contributed by atoms with E-state index >= 15 is 0 Å². The van der Waals surface area contributed by atoms with Gasteiger partial charge in [-0.05, 0) is 23.5 Å². The van der Waals surface area contributed by atoms with Gasteiger partial charge in [0.25, 0.3) is 0 Å². The normalized spacial score (nSPS) is 12.7. The van der Waals surface area contributed by atoms with Crippen molar-refractivity contribution in [1.82, 2.24) is 4.72 Å². The highest BCUT2D eigenvalue weighted by molar-refractivity contribution is 7.89. The minimum Gasteiger partial charge on any atom is -0.274 e. The van der Waals surface area contributed by atoms with Crippen molar-refractivity contribution in [3.63, 3.8) is 0 Å². The fraction of sp³-hybridized carbons (Fsp3) is 0.611. The van der Waals surface area contributed by atoms with Gasteiger partial charge in [0, 0.05) is 5.92 Å². The van der Waals surface area contributed by atoms with Crippen LogP contribution in [0, 0.1) is 5.92 Å². The molecule has 1 rings (SSSR count). The molecule has 0 aliphatic rings. The van der Waals surface area contributed by atoms with Crippen LogP contribution in [0.15, 0.2) is 24.3 Å². The maximum Gasteiger partial charge on any atom is 0.236 e. The second-order valence-electron chi connectivity index (χ2n) is 4.87. The molecular formula is C18H33NO3S. The van der Waals surface area contributed by atoms with Gasteiger partial charge in [0.2, 0.25) is 15.9 Å². The van der Waals surface area contributed by atoms with E-state index in [4.69, 9.17) is 0 Å². The number of carbonyl (C=O) groups excluding carboxylic acids is 1. The Bertz CT molecular complexity index is 553. The average molecular weight is 344 g/mol. The molecule has 1 aromatic rings. The predicted octanol–water partition coefficient (Wildman–Crippen LogP) is 4.12. The largest absolute Gasteiger partial charge is 0.274 e. The van der Waals surface area contributed by atoms with Crippen molar-refractivity contribution >= 4 is 15.9 Å². The van der Waals surface area contributed by atoms with Gasteiger partial charge < -0.3 is 0 Å². The summed E-state index contributed by atoms with van der Waals surface area (Å²) >= 11 is 0. The summed E-state index contributed by atoms with van der Waals surface area (Å²) in [6.07, 6.45) is 1.88. The Labute approximate surface area is 142 Å². The standard InChI is InChI=1S/C14H21NO3S.2C2H6/c1-5-12-8-6-7-9-13(12)10(2)11(3)14(16)15-19(4,17)18;2*1-2/h6-11H,5H2,1-4H3,(H,15,16);2*1-2H3. The van der Waals surface area contributed by atoms with Crippen LogP contribution >= 0.6 is 0 Å². The number of hydrogen-bond donors (Lipinski definition) is 1. The SMILES string of the molecule is CC.CC.CCc1ccccc1C(C)C(C)C(=O)NS(C)(=O)=O. The van der Waals surface area contributed by atoms with Gasteiger partial charge in [-0.1, -0.05) is 72.7 Å². The van der Waals surface area contributed by atoms with E-state index in [0.717, 1.165) is 18.2 Å². The van der Waals surface area contributed by atoms with Gasteiger partial charge in [0.15, 0.2) is 0 Å². The van der Waals surface area contributed by atoms with Crippen LogP contribution in [-0.2, 0) is 21.2 Å². The van der Waals surface area contributed by atoms with E-state index < -0.39 is 21.8 Å². The van der Waals surface area contributed by atoms with Gasteiger partial charge in [0.1, 0.15) is 0 Å². The van der Waals surface area contributed by atoms with Crippen LogP contribution in [0.25, 0.3) is 0 Å². The predicted molar refractivity (Wildman–Crippen MR) is 99.1 cm³/mol. The summed E-state index contributed by atoms with van der Waals surface area (Å²) in [4.78, 5) is 11.9. The Morgan fingerprint density at radius 1 is 1.09 bits per heavy atom. The highest BCUT2D eigenvalue weighted by Crippen LogP contribution is 2.27. The first-order valence-corrected chi connectivity index (χ1v) is 10.2. The second kappa shape index (κ2) is 12.1. The van der Waals surface area contributed by atoms with E-state index in [1.807, 2.05) is 63.6 Å². The van der Waals surface area contributed by atoms with Crippen LogP contribution < -0.4 is 4.72 Å². The number of rotatable bonds is 5. The lowest BCUT2D eigenvalue weighted by Gasteiger charge is -2.21. The Morgan fingerprint density at radius 2 is 1.57 bits per heavy atom. The van der Waals surface area contributed by atoms with E-state index in [1.54, 1.807) is 6.92 Å². The number of carbonyl (C=O) groups is 1. The zero-order valence-corrected chi connectivity index (χ0v) is 16.6. The minimum absolute atomic E-state index is 0.0297. The summed E-state index contributed by atoms with van der Waals surface area (Å²) in [5.41, 5.74) is 2.29. The lowest BCUT2D eigenvalue weighted by Crippen LogP contribution is -2.35. The highest BCUT2D eigenvalue weighted by Gasteiger charge is 2.24. The minimum atomic E-state index is -3.50. The molecule has 0 saturated carbocycles. The first-order chi connectivity index (χ1) is 10.8. The summed E-state index contributed by atoms with van der Waals surface area (Å²) in [5.74, 6) is -0.888. The summed E-state index contributed by atoms with van der Waals surface area (Å²) in [6, 6.07) is 7.93. The monoisotopic (exact) mass is 343 g/mol. The molecule has 0 spiro atoms. The molecule has 1 aromatic carbocycles. The fourth-order valence-corrected chi connectivity index (χ4v) is 2.62. The molecular weight excluding hydrogens is 310 g/mol. The van der Waals surface area contributed by atoms with Crippen molar-refractivity contribution in [1.29, 1.82) is 0 Å². The third-order valence-electron chi connectivity index (χ3n) is 3.38. The smallest absolute Gasteiger partial charge is 0.236 e. The van der Waals surface area contributed by atoms with E-state index in [1.165, 1.54) is 5.56 Å². The molecule has 23 heavy (non-hydrogen) atoms. The molecule has 2 unspecified atom stereocenters. The fourth-order valence-electron chi connectivity index (χ4n) is 2.07. The first kappa shape index (κ1) is 23.9. The molecule has 4 nitrogen and oxygen atoms in total. The molecule has 0 fully saturated rings. The Hall–Kier alpha value is -1.36.